The lowest BCUT2D eigenvalue weighted by molar-refractivity contribution is 0.507. The van der Waals surface area contributed by atoms with Crippen LogP contribution in [0.3, 0.4) is 0 Å². The van der Waals surface area contributed by atoms with Crippen LogP contribution in [0.15, 0.2) is 40.7 Å². The van der Waals surface area contributed by atoms with Gasteiger partial charge in [-0.05, 0) is 29.8 Å². The van der Waals surface area contributed by atoms with Crippen LogP contribution >= 0.6 is 34.3 Å². The van der Waals surface area contributed by atoms with Gasteiger partial charge in [0, 0.05) is 17.5 Å². The Kier molecular flexibility index (Phi) is 4.86. The molecule has 24 heavy (non-hydrogen) atoms. The highest BCUT2D eigenvalue weighted by Crippen LogP contribution is 2.29. The van der Waals surface area contributed by atoms with Gasteiger partial charge in [0.2, 0.25) is 0 Å². The Balaban J connectivity index is 1.74. The molecular formula is C14H9ClF2N2O2S3. The Bertz CT molecular complexity index is 986. The minimum Gasteiger partial charge on any atom is -0.254 e. The average Bonchev–Trinajstić information content (AvgIpc) is 3.12. The van der Waals surface area contributed by atoms with E-state index in [1.54, 1.807) is 0 Å². The normalized spacial score (nSPS) is 11.6. The lowest BCUT2D eigenvalue weighted by Gasteiger charge is -2.01. The van der Waals surface area contributed by atoms with Gasteiger partial charge in [0.15, 0.2) is 16.8 Å². The summed E-state index contributed by atoms with van der Waals surface area (Å²) in [5.41, 5.74) is 0.567. The number of thiazole rings is 1. The lowest BCUT2D eigenvalue weighted by atomic mass is 10.1. The van der Waals surface area contributed by atoms with Crippen LogP contribution in [0.1, 0.15) is 10.4 Å². The lowest BCUT2D eigenvalue weighted by Crippen LogP contribution is -2.10. The van der Waals surface area contributed by atoms with E-state index in [9.17, 15) is 17.2 Å². The predicted octanol–water partition coefficient (Wildman–Crippen LogP) is 4.53. The van der Waals surface area contributed by atoms with Gasteiger partial charge in [0.1, 0.15) is 4.21 Å². The first-order chi connectivity index (χ1) is 11.3. The Labute approximate surface area is 149 Å². The average molecular weight is 407 g/mol. The first-order valence-corrected chi connectivity index (χ1v) is 10.00. The summed E-state index contributed by atoms with van der Waals surface area (Å²) in [4.78, 5) is 4.71. The van der Waals surface area contributed by atoms with Crippen molar-refractivity contribution in [1.82, 2.24) is 4.98 Å². The third-order valence-electron chi connectivity index (χ3n) is 2.95. The number of aromatic nitrogens is 1. The minimum absolute atomic E-state index is 0.0878. The zero-order chi connectivity index (χ0) is 17.3. The second kappa shape index (κ2) is 6.75. The van der Waals surface area contributed by atoms with Crippen molar-refractivity contribution in [3.63, 3.8) is 0 Å². The van der Waals surface area contributed by atoms with Crippen LogP contribution in [0.2, 0.25) is 4.34 Å². The summed E-state index contributed by atoms with van der Waals surface area (Å²) >= 11 is 7.80. The molecule has 0 atom stereocenters. The van der Waals surface area contributed by atoms with E-state index in [-0.39, 0.29) is 9.34 Å². The van der Waals surface area contributed by atoms with Gasteiger partial charge in [-0.2, -0.15) is 0 Å². The van der Waals surface area contributed by atoms with Crippen LogP contribution in [-0.2, 0) is 16.4 Å². The summed E-state index contributed by atoms with van der Waals surface area (Å²) in [6, 6.07) is 6.53. The maximum absolute atomic E-state index is 13.2. The third kappa shape index (κ3) is 3.92. The SMILES string of the molecule is O=S(=O)(Nc1ncc(Cc2ccc(F)c(F)c2)s1)c1ccc(Cl)s1. The smallest absolute Gasteiger partial charge is 0.254 e. The van der Waals surface area contributed by atoms with Crippen LogP contribution < -0.4 is 4.72 Å². The number of sulfonamides is 1. The monoisotopic (exact) mass is 406 g/mol. The Morgan fingerprint density at radius 2 is 1.92 bits per heavy atom. The highest BCUT2D eigenvalue weighted by atomic mass is 35.5. The van der Waals surface area contributed by atoms with Crippen molar-refractivity contribution in [2.24, 2.45) is 0 Å². The Morgan fingerprint density at radius 3 is 2.58 bits per heavy atom. The molecule has 0 radical (unpaired) electrons. The number of benzene rings is 1. The fourth-order valence-electron chi connectivity index (χ4n) is 1.89. The van der Waals surface area contributed by atoms with Gasteiger partial charge in [-0.25, -0.2) is 22.2 Å². The Hall–Kier alpha value is -1.55. The molecule has 0 saturated carbocycles. The van der Waals surface area contributed by atoms with E-state index in [4.69, 9.17) is 11.6 Å². The number of rotatable bonds is 5. The summed E-state index contributed by atoms with van der Waals surface area (Å²) in [7, 11) is -3.74. The van der Waals surface area contributed by atoms with Gasteiger partial charge >= 0.3 is 0 Å². The fraction of sp³-hybridized carbons (Fsp3) is 0.0714. The molecule has 3 aromatic rings. The maximum Gasteiger partial charge on any atom is 0.273 e. The molecule has 0 saturated heterocycles. The molecule has 10 heteroatoms. The second-order valence-corrected chi connectivity index (χ2v) is 9.46. The third-order valence-corrected chi connectivity index (χ3v) is 7.05. The maximum atomic E-state index is 13.2. The van der Waals surface area contributed by atoms with Crippen molar-refractivity contribution in [1.29, 1.82) is 0 Å². The van der Waals surface area contributed by atoms with E-state index in [1.165, 1.54) is 24.4 Å². The van der Waals surface area contributed by atoms with E-state index in [1.807, 2.05) is 0 Å². The van der Waals surface area contributed by atoms with Crippen molar-refractivity contribution >= 4 is 49.4 Å². The van der Waals surface area contributed by atoms with Crippen LogP contribution in [0.25, 0.3) is 0 Å². The molecule has 2 aromatic heterocycles. The number of halogens is 3. The molecule has 2 heterocycles. The van der Waals surface area contributed by atoms with Crippen LogP contribution in [-0.4, -0.2) is 13.4 Å². The van der Waals surface area contributed by atoms with Crippen molar-refractivity contribution in [3.05, 3.63) is 62.9 Å². The summed E-state index contributed by atoms with van der Waals surface area (Å²) in [6.07, 6.45) is 1.81. The zero-order valence-corrected chi connectivity index (χ0v) is 15.0. The standard InChI is InChI=1S/C14H9ClF2N2O2S3/c15-12-3-4-13(23-12)24(20,21)19-14-18-7-9(22-14)5-8-1-2-10(16)11(17)6-8/h1-4,6-7H,5H2,(H,18,19). The van der Waals surface area contributed by atoms with E-state index in [0.29, 0.717) is 21.2 Å². The molecule has 126 valence electrons. The Morgan fingerprint density at radius 1 is 1.12 bits per heavy atom. The number of nitrogens with zero attached hydrogens (tertiary/aromatic N) is 1. The fourth-order valence-corrected chi connectivity index (χ4v) is 5.47. The van der Waals surface area contributed by atoms with E-state index < -0.39 is 21.7 Å². The van der Waals surface area contributed by atoms with Gasteiger partial charge in [-0.1, -0.05) is 17.7 Å². The molecule has 0 bridgehead atoms. The van der Waals surface area contributed by atoms with E-state index in [0.717, 1.165) is 34.8 Å². The molecular weight excluding hydrogens is 398 g/mol. The highest BCUT2D eigenvalue weighted by molar-refractivity contribution is 7.94. The number of nitrogens with one attached hydrogen (secondary N) is 1. The van der Waals surface area contributed by atoms with Crippen molar-refractivity contribution < 1.29 is 17.2 Å². The second-order valence-electron chi connectivity index (χ2n) is 4.72. The molecule has 0 aliphatic carbocycles. The molecule has 0 aliphatic rings. The molecule has 0 amide bonds. The van der Waals surface area contributed by atoms with Gasteiger partial charge in [-0.15, -0.1) is 22.7 Å². The quantitative estimate of drug-likeness (QED) is 0.677. The summed E-state index contributed by atoms with van der Waals surface area (Å²) in [5, 5.41) is 0.192. The van der Waals surface area contributed by atoms with Crippen molar-refractivity contribution in [2.75, 3.05) is 4.72 Å². The summed E-state index contributed by atoms with van der Waals surface area (Å²) in [5.74, 6) is -1.83. The molecule has 0 aliphatic heterocycles. The van der Waals surface area contributed by atoms with E-state index in [2.05, 4.69) is 9.71 Å². The van der Waals surface area contributed by atoms with Gasteiger partial charge in [0.25, 0.3) is 10.0 Å². The van der Waals surface area contributed by atoms with E-state index >= 15 is 0 Å². The first-order valence-electron chi connectivity index (χ1n) is 6.50. The minimum atomic E-state index is -3.74. The molecule has 1 aromatic carbocycles. The molecule has 0 spiro atoms. The molecule has 3 rings (SSSR count). The number of hydrogen-bond donors (Lipinski definition) is 1. The molecule has 1 N–H and O–H groups in total. The first kappa shape index (κ1) is 17.3. The van der Waals surface area contributed by atoms with Crippen molar-refractivity contribution in [2.45, 2.75) is 10.6 Å². The van der Waals surface area contributed by atoms with Gasteiger partial charge in [0.05, 0.1) is 4.34 Å². The highest BCUT2D eigenvalue weighted by Gasteiger charge is 2.18. The summed E-state index contributed by atoms with van der Waals surface area (Å²) < 4.78 is 53.3. The van der Waals surface area contributed by atoms with Crippen LogP contribution in [0, 0.1) is 11.6 Å². The van der Waals surface area contributed by atoms with Crippen LogP contribution in [0.5, 0.6) is 0 Å². The van der Waals surface area contributed by atoms with Gasteiger partial charge < -0.3 is 0 Å². The summed E-state index contributed by atoms with van der Waals surface area (Å²) in [6.45, 7) is 0. The van der Waals surface area contributed by atoms with Gasteiger partial charge in [-0.3, -0.25) is 4.72 Å². The molecule has 4 nitrogen and oxygen atoms in total. The molecule has 0 fully saturated rings. The zero-order valence-electron chi connectivity index (χ0n) is 11.8. The predicted molar refractivity (Wildman–Crippen MR) is 91.4 cm³/mol. The number of thiophene rings is 1. The van der Waals surface area contributed by atoms with Crippen LogP contribution in [0.4, 0.5) is 13.9 Å². The number of hydrogen-bond acceptors (Lipinski definition) is 5. The van der Waals surface area contributed by atoms with Crippen molar-refractivity contribution in [3.8, 4) is 0 Å². The topological polar surface area (TPSA) is 59.1 Å². The largest absolute Gasteiger partial charge is 0.273 e. The molecule has 0 unspecified atom stereocenters. The number of anilines is 1.